The largest absolute Gasteiger partial charge is 0.389 e. The van der Waals surface area contributed by atoms with Crippen molar-refractivity contribution in [3.63, 3.8) is 0 Å². The van der Waals surface area contributed by atoms with Gasteiger partial charge in [0.15, 0.2) is 0 Å². The molecule has 2 aliphatic carbocycles. The molecule has 0 aliphatic heterocycles. The van der Waals surface area contributed by atoms with Crippen molar-refractivity contribution < 1.29 is 5.11 Å². The Hall–Kier alpha value is -3.16. The molecule has 1 unspecified atom stereocenters. The number of aryl methyl sites for hydroxylation is 1. The molecule has 0 amide bonds. The summed E-state index contributed by atoms with van der Waals surface area (Å²) in [4.78, 5) is 0. The van der Waals surface area contributed by atoms with E-state index in [1.165, 1.54) is 11.1 Å². The number of hydrogen-bond acceptors (Lipinski definition) is 3. The van der Waals surface area contributed by atoms with Crippen molar-refractivity contribution in [1.29, 1.82) is 5.26 Å². The molecule has 4 nitrogen and oxygen atoms in total. The fourth-order valence-electron chi connectivity index (χ4n) is 4.92. The fraction of sp³-hybridized carbons (Fsp3) is 0.280. The van der Waals surface area contributed by atoms with Gasteiger partial charge in [0.05, 0.1) is 34.8 Å². The molecule has 144 valence electrons. The molecule has 4 heteroatoms. The summed E-state index contributed by atoms with van der Waals surface area (Å²) in [5.41, 5.74) is 5.73. The lowest BCUT2D eigenvalue weighted by Gasteiger charge is -2.32. The van der Waals surface area contributed by atoms with Crippen molar-refractivity contribution in [2.45, 2.75) is 37.7 Å². The van der Waals surface area contributed by atoms with Crippen molar-refractivity contribution in [3.05, 3.63) is 88.8 Å². The van der Waals surface area contributed by atoms with Crippen LogP contribution in [0.5, 0.6) is 0 Å². The highest BCUT2D eigenvalue weighted by atomic mass is 16.3. The van der Waals surface area contributed by atoms with E-state index in [4.69, 9.17) is 0 Å². The van der Waals surface area contributed by atoms with E-state index in [1.54, 1.807) is 0 Å². The van der Waals surface area contributed by atoms with E-state index >= 15 is 0 Å². The van der Waals surface area contributed by atoms with Crippen molar-refractivity contribution in [2.24, 2.45) is 5.92 Å². The lowest BCUT2D eigenvalue weighted by molar-refractivity contribution is 0.00157. The SMILES string of the molecule is N#Cc1ccccc1CC[C@]1(O)CCC2=Cc3c(cnn3-c3ccccc3)CC21. The molecule has 1 fully saturated rings. The van der Waals surface area contributed by atoms with Gasteiger partial charge in [-0.15, -0.1) is 0 Å². The molecule has 5 rings (SSSR count). The highest BCUT2D eigenvalue weighted by molar-refractivity contribution is 5.61. The van der Waals surface area contributed by atoms with Gasteiger partial charge in [0.1, 0.15) is 0 Å². The van der Waals surface area contributed by atoms with Crippen molar-refractivity contribution in [2.75, 3.05) is 0 Å². The molecule has 2 aliphatic rings. The second-order valence-electron chi connectivity index (χ2n) is 8.15. The maximum absolute atomic E-state index is 11.5. The summed E-state index contributed by atoms with van der Waals surface area (Å²) in [6, 6.07) is 20.2. The molecule has 1 heterocycles. The summed E-state index contributed by atoms with van der Waals surface area (Å²) in [5, 5.41) is 25.5. The summed E-state index contributed by atoms with van der Waals surface area (Å²) >= 11 is 0. The van der Waals surface area contributed by atoms with Gasteiger partial charge in [-0.3, -0.25) is 0 Å². The van der Waals surface area contributed by atoms with Crippen LogP contribution in [0.4, 0.5) is 0 Å². The van der Waals surface area contributed by atoms with Gasteiger partial charge in [-0.05, 0) is 67.5 Å². The van der Waals surface area contributed by atoms with Crippen molar-refractivity contribution in [3.8, 4) is 11.8 Å². The number of nitrogens with zero attached hydrogens (tertiary/aromatic N) is 3. The highest BCUT2D eigenvalue weighted by Gasteiger charge is 2.45. The maximum atomic E-state index is 11.5. The van der Waals surface area contributed by atoms with Crippen LogP contribution in [0.15, 0.2) is 66.4 Å². The first-order valence-electron chi connectivity index (χ1n) is 10.2. The van der Waals surface area contributed by atoms with Crippen molar-refractivity contribution in [1.82, 2.24) is 9.78 Å². The second kappa shape index (κ2) is 7.02. The Bertz CT molecular complexity index is 1120. The number of rotatable bonds is 4. The van der Waals surface area contributed by atoms with Crippen LogP contribution >= 0.6 is 0 Å². The van der Waals surface area contributed by atoms with Gasteiger partial charge in [0.2, 0.25) is 0 Å². The number of benzene rings is 2. The highest BCUT2D eigenvalue weighted by Crippen LogP contribution is 2.48. The fourth-order valence-corrected chi connectivity index (χ4v) is 4.92. The van der Waals surface area contributed by atoms with Crippen LogP contribution in [-0.2, 0) is 12.8 Å². The zero-order chi connectivity index (χ0) is 19.8. The second-order valence-corrected chi connectivity index (χ2v) is 8.15. The molecule has 0 bridgehead atoms. The van der Waals surface area contributed by atoms with Gasteiger partial charge in [0.25, 0.3) is 0 Å². The smallest absolute Gasteiger partial charge is 0.0994 e. The van der Waals surface area contributed by atoms with Crippen LogP contribution in [0, 0.1) is 17.2 Å². The zero-order valence-electron chi connectivity index (χ0n) is 16.3. The molecule has 1 N–H and O–H groups in total. The summed E-state index contributed by atoms with van der Waals surface area (Å²) in [6.45, 7) is 0. The van der Waals surface area contributed by atoms with Gasteiger partial charge < -0.3 is 5.11 Å². The van der Waals surface area contributed by atoms with E-state index in [-0.39, 0.29) is 5.92 Å². The Morgan fingerprint density at radius 3 is 2.76 bits per heavy atom. The lowest BCUT2D eigenvalue weighted by atomic mass is 9.77. The number of para-hydroxylation sites is 1. The average molecular weight is 381 g/mol. The zero-order valence-corrected chi connectivity index (χ0v) is 16.3. The van der Waals surface area contributed by atoms with E-state index in [0.29, 0.717) is 12.0 Å². The Labute approximate surface area is 170 Å². The van der Waals surface area contributed by atoms with E-state index in [0.717, 1.165) is 42.6 Å². The Balaban J connectivity index is 1.40. The normalized spacial score (nSPS) is 22.5. The number of fused-ring (bicyclic) bond motifs is 2. The van der Waals surface area contributed by atoms with Crippen LogP contribution in [0.1, 0.15) is 41.6 Å². The molecule has 1 saturated carbocycles. The van der Waals surface area contributed by atoms with E-state index in [9.17, 15) is 10.4 Å². The van der Waals surface area contributed by atoms with E-state index in [2.05, 4.69) is 29.4 Å². The van der Waals surface area contributed by atoms with Crippen LogP contribution in [0.2, 0.25) is 0 Å². The van der Waals surface area contributed by atoms with Gasteiger partial charge in [-0.1, -0.05) is 42.0 Å². The lowest BCUT2D eigenvalue weighted by Crippen LogP contribution is -2.36. The first-order chi connectivity index (χ1) is 14.2. The van der Waals surface area contributed by atoms with Crippen LogP contribution in [0.25, 0.3) is 11.8 Å². The van der Waals surface area contributed by atoms with Crippen LogP contribution in [-0.4, -0.2) is 20.5 Å². The number of nitriles is 1. The monoisotopic (exact) mass is 381 g/mol. The quantitative estimate of drug-likeness (QED) is 0.726. The molecule has 0 saturated heterocycles. The Morgan fingerprint density at radius 2 is 1.93 bits per heavy atom. The molecule has 2 atom stereocenters. The molecule has 0 radical (unpaired) electrons. The van der Waals surface area contributed by atoms with E-state index in [1.807, 2.05) is 53.3 Å². The minimum Gasteiger partial charge on any atom is -0.389 e. The molecule has 1 aromatic heterocycles. The number of aromatic nitrogens is 2. The predicted molar refractivity (Wildman–Crippen MR) is 112 cm³/mol. The van der Waals surface area contributed by atoms with E-state index < -0.39 is 5.60 Å². The first-order valence-corrected chi connectivity index (χ1v) is 10.2. The third kappa shape index (κ3) is 3.08. The molecular formula is C25H23N3O. The average Bonchev–Trinajstić information content (AvgIpc) is 3.33. The molecule has 2 aromatic carbocycles. The number of hydrogen-bond donors (Lipinski definition) is 1. The van der Waals surface area contributed by atoms with Crippen molar-refractivity contribution >= 4 is 6.08 Å². The number of aliphatic hydroxyl groups is 1. The third-order valence-electron chi connectivity index (χ3n) is 6.54. The topological polar surface area (TPSA) is 61.8 Å². The van der Waals surface area contributed by atoms with Crippen LogP contribution in [0.3, 0.4) is 0 Å². The van der Waals surface area contributed by atoms with Crippen LogP contribution < -0.4 is 0 Å². The van der Waals surface area contributed by atoms with Gasteiger partial charge in [-0.25, -0.2) is 4.68 Å². The first kappa shape index (κ1) is 17.9. The predicted octanol–water partition coefficient (Wildman–Crippen LogP) is 4.46. The minimum atomic E-state index is -0.721. The Morgan fingerprint density at radius 1 is 1.14 bits per heavy atom. The Kier molecular flexibility index (Phi) is 4.34. The molecule has 0 spiro atoms. The van der Waals surface area contributed by atoms with Gasteiger partial charge in [0, 0.05) is 5.92 Å². The summed E-state index contributed by atoms with van der Waals surface area (Å²) < 4.78 is 2.00. The third-order valence-corrected chi connectivity index (χ3v) is 6.54. The van der Waals surface area contributed by atoms with Gasteiger partial charge >= 0.3 is 0 Å². The molecular weight excluding hydrogens is 358 g/mol. The standard InChI is InChI=1S/C25H23N3O/c26-16-20-7-5-4-6-18(20)10-12-25(29)13-11-19-15-24-21(14-23(19)25)17-27-28(24)22-8-2-1-3-9-22/h1-9,15,17,23,29H,10-14H2/t23?,25-/m0/s1. The molecule has 3 aromatic rings. The minimum absolute atomic E-state index is 0.137. The summed E-state index contributed by atoms with van der Waals surface area (Å²) in [6.07, 6.45) is 8.10. The molecule has 29 heavy (non-hydrogen) atoms. The summed E-state index contributed by atoms with van der Waals surface area (Å²) in [7, 11) is 0. The maximum Gasteiger partial charge on any atom is 0.0994 e. The summed E-state index contributed by atoms with van der Waals surface area (Å²) in [5.74, 6) is 0.137. The van der Waals surface area contributed by atoms with Gasteiger partial charge in [-0.2, -0.15) is 10.4 Å².